The number of H-pyrrole nitrogens is 1. The van der Waals surface area contributed by atoms with Crippen LogP contribution in [0.1, 0.15) is 13.8 Å². The zero-order chi connectivity index (χ0) is 18.0. The first-order valence-corrected chi connectivity index (χ1v) is 8.45. The van der Waals surface area contributed by atoms with Gasteiger partial charge in [-0.05, 0) is 38.1 Å². The second-order valence-corrected chi connectivity index (χ2v) is 6.48. The molecule has 0 aliphatic heterocycles. The van der Waals surface area contributed by atoms with E-state index in [1.807, 2.05) is 0 Å². The Hall–Kier alpha value is -2.68. The number of carbonyl (C=O) groups is 1. The van der Waals surface area contributed by atoms with E-state index in [0.29, 0.717) is 16.7 Å². The number of carbonyl (C=O) groups excluding carboxylic acids is 1. The van der Waals surface area contributed by atoms with Gasteiger partial charge < -0.3 is 9.72 Å². The third kappa shape index (κ3) is 3.55. The van der Waals surface area contributed by atoms with Crippen LogP contribution in [0.2, 0.25) is 0 Å². The number of aromatic amines is 1. The first-order valence-electron chi connectivity index (χ1n) is 7.57. The summed E-state index contributed by atoms with van der Waals surface area (Å²) in [5, 5.41) is 4.21. The number of aromatic nitrogens is 4. The Labute approximate surface area is 146 Å². The van der Waals surface area contributed by atoms with Crippen LogP contribution in [0.15, 0.2) is 40.4 Å². The van der Waals surface area contributed by atoms with Gasteiger partial charge >= 0.3 is 5.97 Å². The van der Waals surface area contributed by atoms with Gasteiger partial charge in [-0.1, -0.05) is 11.8 Å². The first kappa shape index (κ1) is 17.2. The van der Waals surface area contributed by atoms with Crippen LogP contribution in [0.5, 0.6) is 0 Å². The predicted octanol–water partition coefficient (Wildman–Crippen LogP) is 2.29. The summed E-state index contributed by atoms with van der Waals surface area (Å²) < 4.78 is 19.5. The van der Waals surface area contributed by atoms with E-state index in [1.165, 1.54) is 23.0 Å². The number of halogens is 1. The zero-order valence-corrected chi connectivity index (χ0v) is 14.3. The van der Waals surface area contributed by atoms with E-state index in [-0.39, 0.29) is 29.1 Å². The number of nitrogens with zero attached hydrogens (tertiary/aromatic N) is 3. The second kappa shape index (κ2) is 7.06. The van der Waals surface area contributed by atoms with E-state index in [2.05, 4.69) is 15.1 Å². The molecule has 0 unspecified atom stereocenters. The third-order valence-electron chi connectivity index (χ3n) is 3.39. The minimum absolute atomic E-state index is 0.280. The smallest absolute Gasteiger partial charge is 0.319 e. The lowest BCUT2D eigenvalue weighted by atomic mass is 10.3. The molecular formula is C16H15FN4O3S. The van der Waals surface area contributed by atoms with Crippen LogP contribution in [-0.4, -0.2) is 37.6 Å². The third-order valence-corrected chi connectivity index (χ3v) is 4.36. The van der Waals surface area contributed by atoms with Gasteiger partial charge in [-0.25, -0.2) is 14.1 Å². The van der Waals surface area contributed by atoms with Gasteiger partial charge in [0.05, 0.1) is 18.5 Å². The molecule has 0 bridgehead atoms. The Bertz CT molecular complexity index is 968. The standard InChI is InChI=1S/C16H15FN4O3S/c1-3-24-15(23)9(2)25-16-19-13-12(14(22)20-16)8-18-21(13)11-6-4-10(17)5-7-11/h4-9H,3H2,1-2H3,(H,19,20,22)/t9-/m0/s1. The van der Waals surface area contributed by atoms with Crippen molar-refractivity contribution in [2.75, 3.05) is 6.61 Å². The van der Waals surface area contributed by atoms with Crippen molar-refractivity contribution in [1.82, 2.24) is 19.7 Å². The van der Waals surface area contributed by atoms with Crippen molar-refractivity contribution >= 4 is 28.8 Å². The highest BCUT2D eigenvalue weighted by molar-refractivity contribution is 8.00. The number of hydrogen-bond donors (Lipinski definition) is 1. The molecule has 7 nitrogen and oxygen atoms in total. The molecule has 130 valence electrons. The topological polar surface area (TPSA) is 89.9 Å². The minimum Gasteiger partial charge on any atom is -0.465 e. The van der Waals surface area contributed by atoms with Crippen LogP contribution < -0.4 is 5.56 Å². The van der Waals surface area contributed by atoms with E-state index >= 15 is 0 Å². The largest absolute Gasteiger partial charge is 0.465 e. The number of esters is 1. The maximum absolute atomic E-state index is 13.1. The molecule has 0 amide bonds. The van der Waals surface area contributed by atoms with Crippen LogP contribution in [-0.2, 0) is 9.53 Å². The monoisotopic (exact) mass is 362 g/mol. The molecule has 25 heavy (non-hydrogen) atoms. The molecule has 0 spiro atoms. The van der Waals surface area contributed by atoms with Crippen molar-refractivity contribution in [1.29, 1.82) is 0 Å². The molecule has 1 atom stereocenters. The fourth-order valence-electron chi connectivity index (χ4n) is 2.20. The molecule has 0 aliphatic carbocycles. The molecule has 0 saturated carbocycles. The Kier molecular flexibility index (Phi) is 4.84. The van der Waals surface area contributed by atoms with Crippen LogP contribution >= 0.6 is 11.8 Å². The van der Waals surface area contributed by atoms with Crippen LogP contribution in [0.3, 0.4) is 0 Å². The van der Waals surface area contributed by atoms with E-state index < -0.39 is 5.25 Å². The summed E-state index contributed by atoms with van der Waals surface area (Å²) >= 11 is 1.09. The maximum Gasteiger partial charge on any atom is 0.319 e. The number of fused-ring (bicyclic) bond motifs is 1. The lowest BCUT2D eigenvalue weighted by Crippen LogP contribution is -2.18. The Morgan fingerprint density at radius 3 is 2.80 bits per heavy atom. The molecule has 2 heterocycles. The van der Waals surface area contributed by atoms with Crippen molar-refractivity contribution < 1.29 is 13.9 Å². The lowest BCUT2D eigenvalue weighted by Gasteiger charge is -2.09. The van der Waals surface area contributed by atoms with Gasteiger partial charge in [0.15, 0.2) is 10.8 Å². The van der Waals surface area contributed by atoms with Crippen molar-refractivity contribution in [2.24, 2.45) is 0 Å². The highest BCUT2D eigenvalue weighted by Gasteiger charge is 2.19. The predicted molar refractivity (Wildman–Crippen MR) is 91.4 cm³/mol. The summed E-state index contributed by atoms with van der Waals surface area (Å²) in [5.74, 6) is -0.757. The van der Waals surface area contributed by atoms with Gasteiger partial charge in [0.2, 0.25) is 0 Å². The van der Waals surface area contributed by atoms with E-state index in [0.717, 1.165) is 11.8 Å². The first-order chi connectivity index (χ1) is 12.0. The van der Waals surface area contributed by atoms with Crippen LogP contribution in [0.4, 0.5) is 4.39 Å². The molecule has 1 aromatic carbocycles. The summed E-state index contributed by atoms with van der Waals surface area (Å²) in [4.78, 5) is 31.0. The quantitative estimate of drug-likeness (QED) is 0.425. The number of nitrogens with one attached hydrogen (secondary N) is 1. The van der Waals surface area contributed by atoms with Gasteiger partial charge in [0.1, 0.15) is 16.5 Å². The summed E-state index contributed by atoms with van der Waals surface area (Å²) in [6.45, 7) is 3.68. The average Bonchev–Trinajstić information content (AvgIpc) is 3.00. The number of rotatable bonds is 5. The molecule has 3 aromatic rings. The summed E-state index contributed by atoms with van der Waals surface area (Å²) in [5.41, 5.74) is 0.537. The molecule has 0 aliphatic rings. The molecule has 0 fully saturated rings. The van der Waals surface area contributed by atoms with Crippen molar-refractivity contribution in [3.8, 4) is 5.69 Å². The van der Waals surface area contributed by atoms with E-state index in [9.17, 15) is 14.0 Å². The SMILES string of the molecule is CCOC(=O)[C@H](C)Sc1nc2c(cnn2-c2ccc(F)cc2)c(=O)[nH]1. The highest BCUT2D eigenvalue weighted by Crippen LogP contribution is 2.22. The lowest BCUT2D eigenvalue weighted by molar-refractivity contribution is -0.142. The minimum atomic E-state index is -0.525. The number of hydrogen-bond acceptors (Lipinski definition) is 6. The summed E-state index contributed by atoms with van der Waals surface area (Å²) in [6, 6.07) is 5.68. The average molecular weight is 362 g/mol. The van der Waals surface area contributed by atoms with E-state index in [4.69, 9.17) is 4.74 Å². The van der Waals surface area contributed by atoms with Crippen molar-refractivity contribution in [2.45, 2.75) is 24.3 Å². The van der Waals surface area contributed by atoms with Crippen molar-refractivity contribution in [3.63, 3.8) is 0 Å². The number of benzene rings is 1. The summed E-state index contributed by atoms with van der Waals surface area (Å²) in [6.07, 6.45) is 1.40. The van der Waals surface area contributed by atoms with Crippen LogP contribution in [0, 0.1) is 5.82 Å². The van der Waals surface area contributed by atoms with Gasteiger partial charge in [-0.15, -0.1) is 0 Å². The molecule has 9 heteroatoms. The van der Waals surface area contributed by atoms with E-state index in [1.54, 1.807) is 26.0 Å². The molecule has 3 rings (SSSR count). The van der Waals surface area contributed by atoms with Gasteiger partial charge in [-0.3, -0.25) is 9.59 Å². The maximum atomic E-state index is 13.1. The normalized spacial score (nSPS) is 12.3. The Morgan fingerprint density at radius 2 is 2.12 bits per heavy atom. The van der Waals surface area contributed by atoms with Gasteiger partial charge in [-0.2, -0.15) is 5.10 Å². The molecule has 1 N–H and O–H groups in total. The number of thioether (sulfide) groups is 1. The zero-order valence-electron chi connectivity index (χ0n) is 13.5. The number of ether oxygens (including phenoxy) is 1. The Balaban J connectivity index is 2.00. The molecule has 2 aromatic heterocycles. The fraction of sp³-hybridized carbons (Fsp3) is 0.250. The molecule has 0 radical (unpaired) electrons. The van der Waals surface area contributed by atoms with Crippen LogP contribution in [0.25, 0.3) is 16.7 Å². The Morgan fingerprint density at radius 1 is 1.40 bits per heavy atom. The highest BCUT2D eigenvalue weighted by atomic mass is 32.2. The van der Waals surface area contributed by atoms with Gasteiger partial charge in [0, 0.05) is 0 Å². The molecule has 0 saturated heterocycles. The molecular weight excluding hydrogens is 347 g/mol. The fourth-order valence-corrected chi connectivity index (χ4v) is 2.99. The van der Waals surface area contributed by atoms with Gasteiger partial charge in [0.25, 0.3) is 5.56 Å². The second-order valence-electron chi connectivity index (χ2n) is 5.15. The van der Waals surface area contributed by atoms with Crippen molar-refractivity contribution in [3.05, 3.63) is 46.6 Å². The summed E-state index contributed by atoms with van der Waals surface area (Å²) in [7, 11) is 0.